The van der Waals surface area contributed by atoms with Crippen LogP contribution in [-0.2, 0) is 0 Å². The molecule has 2 aromatic rings. The van der Waals surface area contributed by atoms with Crippen LogP contribution in [0.15, 0.2) is 61.7 Å². The second kappa shape index (κ2) is 11.7. The van der Waals surface area contributed by atoms with Gasteiger partial charge in [0.05, 0.1) is 5.56 Å². The lowest BCUT2D eigenvalue weighted by Gasteiger charge is -2.42. The Kier molecular flexibility index (Phi) is 8.37. The molecular formula is C30H34F2O3. The third kappa shape index (κ3) is 6.19. The molecule has 0 aliphatic heterocycles. The first-order chi connectivity index (χ1) is 17.0. The van der Waals surface area contributed by atoms with Gasteiger partial charge in [0.2, 0.25) is 0 Å². The van der Waals surface area contributed by atoms with E-state index in [2.05, 4.69) is 13.2 Å². The Morgan fingerprint density at radius 1 is 0.943 bits per heavy atom. The fourth-order valence-electron chi connectivity index (χ4n) is 5.84. The lowest BCUT2D eigenvalue weighted by Crippen LogP contribution is -2.30. The van der Waals surface area contributed by atoms with Gasteiger partial charge in [-0.1, -0.05) is 31.2 Å². The van der Waals surface area contributed by atoms with Gasteiger partial charge in [-0.05, 0) is 98.4 Å². The molecule has 2 aliphatic carbocycles. The molecule has 5 heteroatoms. The average molecular weight is 481 g/mol. The van der Waals surface area contributed by atoms with Gasteiger partial charge in [-0.15, -0.1) is 6.58 Å². The highest BCUT2D eigenvalue weighted by Crippen LogP contribution is 2.48. The molecule has 4 atom stereocenters. The maximum Gasteiger partial charge on any atom is 0.343 e. The molecule has 2 saturated carbocycles. The Morgan fingerprint density at radius 2 is 1.74 bits per heavy atom. The third-order valence-corrected chi connectivity index (χ3v) is 7.65. The predicted octanol–water partition coefficient (Wildman–Crippen LogP) is 8.02. The van der Waals surface area contributed by atoms with E-state index in [-0.39, 0.29) is 23.8 Å². The Labute approximate surface area is 206 Å². The van der Waals surface area contributed by atoms with Crippen LogP contribution in [-0.4, -0.2) is 12.6 Å². The van der Waals surface area contributed by atoms with E-state index >= 15 is 4.39 Å². The highest BCUT2D eigenvalue weighted by atomic mass is 19.1. The fourth-order valence-corrected chi connectivity index (χ4v) is 5.84. The number of hydrogen-bond donors (Lipinski definition) is 0. The molecule has 2 aliphatic rings. The lowest BCUT2D eigenvalue weighted by molar-refractivity contribution is 0.0727. The highest BCUT2D eigenvalue weighted by Gasteiger charge is 2.36. The summed E-state index contributed by atoms with van der Waals surface area (Å²) in [5, 5.41) is 0. The molecule has 2 aromatic carbocycles. The SMILES string of the molecule is C=CCCC1CCC2CC(c3ccc(C(=O)Oc4ccc(OCC=C)cc4F)cc3F)CCC2C1. The standard InChI is InChI=1S/C30H34F2O3/c1-3-5-6-20-7-8-22-17-23(10-9-21(22)16-20)26-13-11-24(18-27(26)31)30(33)35-29-14-12-25(19-28(29)32)34-15-4-2/h3-4,11-14,18-23H,1-2,5-10,15-17H2. The van der Waals surface area contributed by atoms with Crippen molar-refractivity contribution in [2.45, 2.75) is 57.3 Å². The lowest BCUT2D eigenvalue weighted by atomic mass is 9.63. The molecule has 0 spiro atoms. The first kappa shape index (κ1) is 25.2. The minimum Gasteiger partial charge on any atom is -0.489 e. The third-order valence-electron chi connectivity index (χ3n) is 7.65. The second-order valence-electron chi connectivity index (χ2n) is 9.89. The van der Waals surface area contributed by atoms with Crippen LogP contribution in [0.2, 0.25) is 0 Å². The largest absolute Gasteiger partial charge is 0.489 e. The van der Waals surface area contributed by atoms with Crippen molar-refractivity contribution in [3.8, 4) is 11.5 Å². The van der Waals surface area contributed by atoms with Crippen molar-refractivity contribution in [3.05, 3.63) is 84.5 Å². The number of carbonyl (C=O) groups is 1. The number of esters is 1. The number of benzene rings is 2. The number of rotatable bonds is 9. The molecule has 0 amide bonds. The topological polar surface area (TPSA) is 35.5 Å². The van der Waals surface area contributed by atoms with Crippen molar-refractivity contribution in [3.63, 3.8) is 0 Å². The van der Waals surface area contributed by atoms with E-state index in [4.69, 9.17) is 9.47 Å². The summed E-state index contributed by atoms with van der Waals surface area (Å²) in [4.78, 5) is 12.6. The number of halogens is 2. The molecular weight excluding hydrogens is 446 g/mol. The zero-order chi connectivity index (χ0) is 24.8. The van der Waals surface area contributed by atoms with Crippen molar-refractivity contribution < 1.29 is 23.0 Å². The molecule has 4 rings (SSSR count). The van der Waals surface area contributed by atoms with Crippen LogP contribution in [0, 0.1) is 29.4 Å². The quantitative estimate of drug-likeness (QED) is 0.207. The smallest absolute Gasteiger partial charge is 0.343 e. The van der Waals surface area contributed by atoms with Crippen LogP contribution in [0.5, 0.6) is 11.5 Å². The van der Waals surface area contributed by atoms with Crippen LogP contribution in [0.4, 0.5) is 8.78 Å². The van der Waals surface area contributed by atoms with Gasteiger partial charge in [0.15, 0.2) is 11.6 Å². The van der Waals surface area contributed by atoms with E-state index in [1.165, 1.54) is 43.9 Å². The molecule has 0 bridgehead atoms. The summed E-state index contributed by atoms with van der Waals surface area (Å²) in [6.45, 7) is 7.62. The van der Waals surface area contributed by atoms with E-state index in [1.807, 2.05) is 6.08 Å². The molecule has 4 unspecified atom stereocenters. The van der Waals surface area contributed by atoms with Crippen LogP contribution in [0.3, 0.4) is 0 Å². The molecule has 3 nitrogen and oxygen atoms in total. The molecule has 0 N–H and O–H groups in total. The van der Waals surface area contributed by atoms with E-state index in [9.17, 15) is 9.18 Å². The summed E-state index contributed by atoms with van der Waals surface area (Å²) in [5.41, 5.74) is 0.734. The Morgan fingerprint density at radius 3 is 2.49 bits per heavy atom. The van der Waals surface area contributed by atoms with Gasteiger partial charge in [-0.3, -0.25) is 0 Å². The van der Waals surface area contributed by atoms with E-state index in [0.29, 0.717) is 17.2 Å². The Hall–Kier alpha value is -2.95. The summed E-state index contributed by atoms with van der Waals surface area (Å²) in [5.74, 6) is 0.528. The Balaban J connectivity index is 1.37. The minimum absolute atomic E-state index is 0.0639. The summed E-state index contributed by atoms with van der Waals surface area (Å²) >= 11 is 0. The van der Waals surface area contributed by atoms with Gasteiger partial charge in [0.1, 0.15) is 18.2 Å². The molecule has 0 saturated heterocycles. The summed E-state index contributed by atoms with van der Waals surface area (Å²) in [6, 6.07) is 8.46. The van der Waals surface area contributed by atoms with Crippen molar-refractivity contribution in [1.82, 2.24) is 0 Å². The zero-order valence-electron chi connectivity index (χ0n) is 20.2. The molecule has 35 heavy (non-hydrogen) atoms. The number of allylic oxidation sites excluding steroid dienone is 1. The van der Waals surface area contributed by atoms with Crippen molar-refractivity contribution in [2.75, 3.05) is 6.61 Å². The highest BCUT2D eigenvalue weighted by molar-refractivity contribution is 5.91. The maximum atomic E-state index is 15.1. The molecule has 0 radical (unpaired) electrons. The van der Waals surface area contributed by atoms with Gasteiger partial charge in [-0.2, -0.15) is 0 Å². The molecule has 2 fully saturated rings. The van der Waals surface area contributed by atoms with Crippen molar-refractivity contribution in [2.24, 2.45) is 17.8 Å². The monoisotopic (exact) mass is 480 g/mol. The van der Waals surface area contributed by atoms with Crippen LogP contribution in [0.25, 0.3) is 0 Å². The van der Waals surface area contributed by atoms with Gasteiger partial charge in [-0.25, -0.2) is 13.6 Å². The van der Waals surface area contributed by atoms with Gasteiger partial charge in [0, 0.05) is 6.07 Å². The molecule has 186 valence electrons. The Bertz CT molecular complexity index is 1060. The van der Waals surface area contributed by atoms with Crippen molar-refractivity contribution >= 4 is 5.97 Å². The zero-order valence-corrected chi connectivity index (χ0v) is 20.2. The fraction of sp³-hybridized carbons (Fsp3) is 0.433. The maximum absolute atomic E-state index is 15.1. The first-order valence-electron chi connectivity index (χ1n) is 12.6. The summed E-state index contributed by atoms with van der Waals surface area (Å²) < 4.78 is 39.8. The van der Waals surface area contributed by atoms with Crippen LogP contribution >= 0.6 is 0 Å². The van der Waals surface area contributed by atoms with Gasteiger partial charge >= 0.3 is 5.97 Å². The number of fused-ring (bicyclic) bond motifs is 1. The second-order valence-corrected chi connectivity index (χ2v) is 9.89. The van der Waals surface area contributed by atoms with Gasteiger partial charge < -0.3 is 9.47 Å². The van der Waals surface area contributed by atoms with E-state index < -0.39 is 17.6 Å². The molecule has 0 aromatic heterocycles. The predicted molar refractivity (Wildman–Crippen MR) is 134 cm³/mol. The first-order valence-corrected chi connectivity index (χ1v) is 12.6. The number of hydrogen-bond acceptors (Lipinski definition) is 3. The number of carbonyl (C=O) groups excluding carboxylic acids is 1. The number of ether oxygens (including phenoxy) is 2. The summed E-state index contributed by atoms with van der Waals surface area (Å²) in [7, 11) is 0. The average Bonchev–Trinajstić information content (AvgIpc) is 2.87. The van der Waals surface area contributed by atoms with Crippen molar-refractivity contribution in [1.29, 1.82) is 0 Å². The minimum atomic E-state index is -0.796. The van der Waals surface area contributed by atoms with Crippen LogP contribution in [0.1, 0.15) is 73.2 Å². The van der Waals surface area contributed by atoms with E-state index in [1.54, 1.807) is 18.2 Å². The van der Waals surface area contributed by atoms with Gasteiger partial charge in [0.25, 0.3) is 0 Å². The van der Waals surface area contributed by atoms with Crippen LogP contribution < -0.4 is 9.47 Å². The normalized spacial score (nSPS) is 23.7. The van der Waals surface area contributed by atoms with E-state index in [0.717, 1.165) is 43.6 Å². The molecule has 0 heterocycles. The summed E-state index contributed by atoms with van der Waals surface area (Å²) in [6.07, 6.45) is 12.8.